The van der Waals surface area contributed by atoms with Crippen LogP contribution in [0.3, 0.4) is 0 Å². The molecule has 2 aromatic rings. The highest BCUT2D eigenvalue weighted by Gasteiger charge is 2.12. The Balaban J connectivity index is 2.26. The number of ether oxygens (including phenoxy) is 1. The van der Waals surface area contributed by atoms with Gasteiger partial charge in [0.2, 0.25) is 0 Å². The molecule has 0 aliphatic heterocycles. The number of nitrogens with one attached hydrogen (secondary N) is 1. The number of carbonyl (C=O) groups excluding carboxylic acids is 1. The predicted octanol–water partition coefficient (Wildman–Crippen LogP) is 4.86. The monoisotopic (exact) mass is 464 g/mol. The lowest BCUT2D eigenvalue weighted by atomic mass is 10.1. The van der Waals surface area contributed by atoms with Gasteiger partial charge in [0.15, 0.2) is 0 Å². The van der Waals surface area contributed by atoms with Crippen LogP contribution in [0.2, 0.25) is 0 Å². The SMILES string of the molecule is CCOc1c(Br)cc(/C=C(\C#N)C(=O)Nc2ccc(O)cc2)cc1Br. The molecule has 0 bridgehead atoms. The first-order chi connectivity index (χ1) is 11.9. The van der Waals surface area contributed by atoms with Crippen LogP contribution < -0.4 is 10.1 Å². The number of anilines is 1. The van der Waals surface area contributed by atoms with Crippen molar-refractivity contribution in [2.45, 2.75) is 6.92 Å². The average Bonchev–Trinajstić information content (AvgIpc) is 2.58. The van der Waals surface area contributed by atoms with E-state index < -0.39 is 5.91 Å². The highest BCUT2D eigenvalue weighted by Crippen LogP contribution is 2.35. The molecule has 2 rings (SSSR count). The molecule has 0 radical (unpaired) electrons. The number of carbonyl (C=O) groups is 1. The topological polar surface area (TPSA) is 82.3 Å². The number of nitriles is 1. The number of halogens is 2. The summed E-state index contributed by atoms with van der Waals surface area (Å²) in [7, 11) is 0. The van der Waals surface area contributed by atoms with Crippen molar-refractivity contribution in [1.82, 2.24) is 0 Å². The molecule has 1 amide bonds. The predicted molar refractivity (Wildman–Crippen MR) is 103 cm³/mol. The van der Waals surface area contributed by atoms with Crippen LogP contribution in [0, 0.1) is 11.3 Å². The molecule has 0 fully saturated rings. The zero-order valence-electron chi connectivity index (χ0n) is 13.2. The maximum atomic E-state index is 12.3. The largest absolute Gasteiger partial charge is 0.508 e. The molecule has 7 heteroatoms. The summed E-state index contributed by atoms with van der Waals surface area (Å²) in [6.07, 6.45) is 1.49. The zero-order chi connectivity index (χ0) is 18.4. The minimum absolute atomic E-state index is 0.0453. The summed E-state index contributed by atoms with van der Waals surface area (Å²) >= 11 is 6.83. The lowest BCUT2D eigenvalue weighted by molar-refractivity contribution is -0.112. The van der Waals surface area contributed by atoms with Crippen LogP contribution in [0.1, 0.15) is 12.5 Å². The van der Waals surface area contributed by atoms with E-state index in [0.717, 1.165) is 0 Å². The summed E-state index contributed by atoms with van der Waals surface area (Å²) in [6.45, 7) is 2.40. The number of phenols is 1. The molecule has 2 N–H and O–H groups in total. The van der Waals surface area contributed by atoms with Crippen LogP contribution in [0.5, 0.6) is 11.5 Å². The molecule has 0 saturated carbocycles. The molecule has 2 aromatic carbocycles. The molecule has 0 aliphatic carbocycles. The van der Waals surface area contributed by atoms with E-state index in [4.69, 9.17) is 4.74 Å². The maximum Gasteiger partial charge on any atom is 0.266 e. The normalized spacial score (nSPS) is 10.9. The highest BCUT2D eigenvalue weighted by atomic mass is 79.9. The van der Waals surface area contributed by atoms with Crippen molar-refractivity contribution < 1.29 is 14.6 Å². The number of benzene rings is 2. The van der Waals surface area contributed by atoms with Crippen molar-refractivity contribution in [2.75, 3.05) is 11.9 Å². The lowest BCUT2D eigenvalue weighted by Crippen LogP contribution is -2.13. The fourth-order valence-electron chi connectivity index (χ4n) is 2.00. The molecule has 0 spiro atoms. The van der Waals surface area contributed by atoms with Gasteiger partial charge in [-0.2, -0.15) is 5.26 Å². The number of phenolic OH excluding ortho intramolecular Hbond substituents is 1. The molecule has 0 aromatic heterocycles. The Hall–Kier alpha value is -2.30. The number of hydrogen-bond acceptors (Lipinski definition) is 4. The standard InChI is InChI=1S/C18H14Br2N2O3/c1-2-25-17-15(19)8-11(9-16(17)20)7-12(10-21)18(24)22-13-3-5-14(23)6-4-13/h3-9,23H,2H2,1H3,(H,22,24)/b12-7+. The minimum Gasteiger partial charge on any atom is -0.508 e. The third-order valence-corrected chi connectivity index (χ3v) is 4.29. The van der Waals surface area contributed by atoms with Gasteiger partial charge < -0.3 is 15.2 Å². The van der Waals surface area contributed by atoms with E-state index in [0.29, 0.717) is 32.6 Å². The van der Waals surface area contributed by atoms with Gasteiger partial charge in [0.1, 0.15) is 23.1 Å². The number of aromatic hydroxyl groups is 1. The number of amides is 1. The van der Waals surface area contributed by atoms with Crippen molar-refractivity contribution >= 4 is 49.5 Å². The van der Waals surface area contributed by atoms with Gasteiger partial charge in [-0.25, -0.2) is 0 Å². The van der Waals surface area contributed by atoms with E-state index in [1.54, 1.807) is 24.3 Å². The summed E-state index contributed by atoms with van der Waals surface area (Å²) in [5, 5.41) is 21.2. The van der Waals surface area contributed by atoms with Gasteiger partial charge in [-0.3, -0.25) is 4.79 Å². The van der Waals surface area contributed by atoms with Crippen molar-refractivity contribution in [3.05, 3.63) is 56.5 Å². The highest BCUT2D eigenvalue weighted by molar-refractivity contribution is 9.11. The maximum absolute atomic E-state index is 12.3. The van der Waals surface area contributed by atoms with Crippen LogP contribution >= 0.6 is 31.9 Å². The smallest absolute Gasteiger partial charge is 0.266 e. The number of rotatable bonds is 5. The fraction of sp³-hybridized carbons (Fsp3) is 0.111. The van der Waals surface area contributed by atoms with Crippen LogP contribution in [0.4, 0.5) is 5.69 Å². The summed E-state index contributed by atoms with van der Waals surface area (Å²) in [6, 6.07) is 11.4. The van der Waals surface area contributed by atoms with Gasteiger partial charge in [0.25, 0.3) is 5.91 Å². The summed E-state index contributed by atoms with van der Waals surface area (Å²) < 4.78 is 6.94. The number of hydrogen-bond donors (Lipinski definition) is 2. The van der Waals surface area contributed by atoms with E-state index in [1.807, 2.05) is 13.0 Å². The zero-order valence-corrected chi connectivity index (χ0v) is 16.4. The van der Waals surface area contributed by atoms with E-state index in [-0.39, 0.29) is 11.3 Å². The molecule has 128 valence electrons. The van der Waals surface area contributed by atoms with Crippen molar-refractivity contribution in [3.63, 3.8) is 0 Å². The second-order valence-electron chi connectivity index (χ2n) is 4.92. The van der Waals surface area contributed by atoms with E-state index in [2.05, 4.69) is 37.2 Å². The molecule has 0 atom stereocenters. The second-order valence-corrected chi connectivity index (χ2v) is 6.63. The second kappa shape index (κ2) is 8.70. The minimum atomic E-state index is -0.533. The Labute approximate surface area is 162 Å². The van der Waals surface area contributed by atoms with Crippen molar-refractivity contribution in [2.24, 2.45) is 0 Å². The molecule has 25 heavy (non-hydrogen) atoms. The fourth-order valence-corrected chi connectivity index (χ4v) is 3.45. The Morgan fingerprint density at radius 1 is 1.28 bits per heavy atom. The van der Waals surface area contributed by atoms with Gasteiger partial charge in [-0.05, 0) is 86.8 Å². The first kappa shape index (κ1) is 19.0. The van der Waals surface area contributed by atoms with E-state index in [1.165, 1.54) is 18.2 Å². The molecule has 0 unspecified atom stereocenters. The summed E-state index contributed by atoms with van der Waals surface area (Å²) in [5.41, 5.74) is 1.11. The summed E-state index contributed by atoms with van der Waals surface area (Å²) in [4.78, 5) is 12.3. The van der Waals surface area contributed by atoms with Crippen LogP contribution in [0.25, 0.3) is 6.08 Å². The van der Waals surface area contributed by atoms with Crippen molar-refractivity contribution in [3.8, 4) is 17.6 Å². The first-order valence-corrected chi connectivity index (χ1v) is 8.87. The Kier molecular flexibility index (Phi) is 6.62. The molecular weight excluding hydrogens is 452 g/mol. The molecule has 0 saturated heterocycles. The Morgan fingerprint density at radius 3 is 2.40 bits per heavy atom. The van der Waals surface area contributed by atoms with Crippen molar-refractivity contribution in [1.29, 1.82) is 5.26 Å². The molecule has 0 aliphatic rings. The van der Waals surface area contributed by atoms with Gasteiger partial charge >= 0.3 is 0 Å². The van der Waals surface area contributed by atoms with Crippen LogP contribution in [-0.4, -0.2) is 17.6 Å². The average molecular weight is 466 g/mol. The van der Waals surface area contributed by atoms with Crippen LogP contribution in [0.15, 0.2) is 50.9 Å². The van der Waals surface area contributed by atoms with E-state index in [9.17, 15) is 15.2 Å². The Bertz CT molecular complexity index is 833. The van der Waals surface area contributed by atoms with Gasteiger partial charge in [-0.15, -0.1) is 0 Å². The first-order valence-electron chi connectivity index (χ1n) is 7.28. The van der Waals surface area contributed by atoms with Gasteiger partial charge in [0, 0.05) is 5.69 Å². The number of nitrogens with zero attached hydrogens (tertiary/aromatic N) is 1. The lowest BCUT2D eigenvalue weighted by Gasteiger charge is -2.10. The summed E-state index contributed by atoms with van der Waals surface area (Å²) in [5.74, 6) is 0.221. The van der Waals surface area contributed by atoms with Crippen LogP contribution in [-0.2, 0) is 4.79 Å². The van der Waals surface area contributed by atoms with Gasteiger partial charge in [0.05, 0.1) is 15.6 Å². The molecular formula is C18H14Br2N2O3. The quantitative estimate of drug-likeness (QED) is 0.375. The molecule has 0 heterocycles. The third kappa shape index (κ3) is 5.08. The third-order valence-electron chi connectivity index (χ3n) is 3.11. The molecule has 5 nitrogen and oxygen atoms in total. The van der Waals surface area contributed by atoms with E-state index >= 15 is 0 Å². The Morgan fingerprint density at radius 2 is 1.88 bits per heavy atom. The van der Waals surface area contributed by atoms with Gasteiger partial charge in [-0.1, -0.05) is 0 Å².